The summed E-state index contributed by atoms with van der Waals surface area (Å²) in [6, 6.07) is 17.1. The molecule has 6 nitrogen and oxygen atoms in total. The largest absolute Gasteiger partial charge is 0.490 e. The van der Waals surface area contributed by atoms with E-state index in [4.69, 9.17) is 21.1 Å². The molecule has 0 bridgehead atoms. The Morgan fingerprint density at radius 1 is 1.14 bits per heavy atom. The fourth-order valence-corrected chi connectivity index (χ4v) is 4.43. The van der Waals surface area contributed by atoms with Gasteiger partial charge in [-0.25, -0.2) is 4.98 Å². The molecule has 0 saturated heterocycles. The van der Waals surface area contributed by atoms with Crippen LogP contribution in [0.4, 0.5) is 0 Å². The zero-order chi connectivity index (χ0) is 25.8. The first-order valence-electron chi connectivity index (χ1n) is 11.7. The van der Waals surface area contributed by atoms with E-state index in [2.05, 4.69) is 32.1 Å². The predicted octanol–water partition coefficient (Wildman–Crippen LogP) is 7.10. The molecule has 0 aliphatic heterocycles. The van der Waals surface area contributed by atoms with Gasteiger partial charge >= 0.3 is 0 Å². The van der Waals surface area contributed by atoms with Gasteiger partial charge in [0.1, 0.15) is 12.4 Å². The molecule has 0 fully saturated rings. The number of hydrogen-bond acceptors (Lipinski definition) is 5. The van der Waals surface area contributed by atoms with E-state index in [0.29, 0.717) is 52.0 Å². The summed E-state index contributed by atoms with van der Waals surface area (Å²) in [7, 11) is 0. The summed E-state index contributed by atoms with van der Waals surface area (Å²) in [5, 5.41) is 5.38. The molecule has 4 aromatic rings. The molecular weight excluding hydrogens is 542 g/mol. The van der Waals surface area contributed by atoms with Crippen LogP contribution in [-0.4, -0.2) is 22.5 Å². The molecule has 3 aromatic carbocycles. The van der Waals surface area contributed by atoms with Crippen LogP contribution in [0.15, 0.2) is 69.0 Å². The van der Waals surface area contributed by atoms with Gasteiger partial charge in [-0.3, -0.25) is 4.79 Å². The summed E-state index contributed by atoms with van der Waals surface area (Å²) in [6.45, 7) is 8.69. The molecule has 0 aliphatic rings. The standard InChI is InChI=1S/C28H27BrClN3O3/c1-5-35-25-13-20(12-23(30)26(25)36-16-19-8-6-7-18(4)11-19)15-31-33-27(17(2)3)32-24-10-9-21(29)14-22(24)28(33)34/h6-15,17H,5,16H2,1-4H3. The lowest BCUT2D eigenvalue weighted by Crippen LogP contribution is -2.23. The number of fused-ring (bicyclic) bond motifs is 1. The maximum Gasteiger partial charge on any atom is 0.282 e. The number of hydrogen-bond donors (Lipinski definition) is 0. The van der Waals surface area contributed by atoms with Gasteiger partial charge in [-0.1, -0.05) is 71.2 Å². The Labute approximate surface area is 223 Å². The third-order valence-electron chi connectivity index (χ3n) is 5.47. The molecule has 8 heteroatoms. The van der Waals surface area contributed by atoms with E-state index in [0.717, 1.165) is 15.6 Å². The van der Waals surface area contributed by atoms with Crippen molar-refractivity contribution in [2.45, 2.75) is 40.2 Å². The molecule has 0 saturated carbocycles. The highest BCUT2D eigenvalue weighted by atomic mass is 79.9. The van der Waals surface area contributed by atoms with Crippen LogP contribution >= 0.6 is 27.5 Å². The number of aromatic nitrogens is 2. The maximum atomic E-state index is 13.3. The fourth-order valence-electron chi connectivity index (χ4n) is 3.80. The van der Waals surface area contributed by atoms with Gasteiger partial charge in [-0.2, -0.15) is 9.78 Å². The van der Waals surface area contributed by atoms with Gasteiger partial charge < -0.3 is 9.47 Å². The van der Waals surface area contributed by atoms with Crippen LogP contribution in [-0.2, 0) is 6.61 Å². The Balaban J connectivity index is 1.70. The molecule has 0 unspecified atom stereocenters. The van der Waals surface area contributed by atoms with E-state index in [1.807, 2.05) is 58.0 Å². The summed E-state index contributed by atoms with van der Waals surface area (Å²) in [4.78, 5) is 18.0. The van der Waals surface area contributed by atoms with Gasteiger partial charge in [0.25, 0.3) is 5.56 Å². The van der Waals surface area contributed by atoms with E-state index in [-0.39, 0.29) is 11.5 Å². The van der Waals surface area contributed by atoms with Gasteiger partial charge in [0.2, 0.25) is 0 Å². The Morgan fingerprint density at radius 3 is 2.67 bits per heavy atom. The van der Waals surface area contributed by atoms with Crippen LogP contribution < -0.4 is 15.0 Å². The highest BCUT2D eigenvalue weighted by molar-refractivity contribution is 9.10. The van der Waals surface area contributed by atoms with Gasteiger partial charge in [0.05, 0.1) is 28.7 Å². The molecule has 0 N–H and O–H groups in total. The minimum Gasteiger partial charge on any atom is -0.490 e. The van der Waals surface area contributed by atoms with Gasteiger partial charge in [-0.15, -0.1) is 0 Å². The number of benzene rings is 3. The zero-order valence-corrected chi connectivity index (χ0v) is 22.9. The van der Waals surface area contributed by atoms with Gasteiger partial charge in [0, 0.05) is 10.4 Å². The Morgan fingerprint density at radius 2 is 1.94 bits per heavy atom. The molecule has 1 heterocycles. The van der Waals surface area contributed by atoms with Gasteiger partial charge in [0.15, 0.2) is 11.5 Å². The number of ether oxygens (including phenoxy) is 2. The Bertz CT molecular complexity index is 1500. The van der Waals surface area contributed by atoms with Crippen LogP contribution in [0.1, 0.15) is 49.2 Å². The Kier molecular flexibility index (Phi) is 8.11. The molecule has 0 radical (unpaired) electrons. The van der Waals surface area contributed by atoms with Gasteiger partial charge in [-0.05, 0) is 55.3 Å². The summed E-state index contributed by atoms with van der Waals surface area (Å²) in [5.41, 5.74) is 3.26. The molecular formula is C28H27BrClN3O3. The lowest BCUT2D eigenvalue weighted by molar-refractivity contribution is 0.269. The van der Waals surface area contributed by atoms with Crippen LogP contribution in [0.5, 0.6) is 11.5 Å². The average Bonchev–Trinajstić information content (AvgIpc) is 2.83. The van der Waals surface area contributed by atoms with Crippen molar-refractivity contribution in [3.05, 3.63) is 97.0 Å². The van der Waals surface area contributed by atoms with Crippen molar-refractivity contribution in [1.82, 2.24) is 9.66 Å². The van der Waals surface area contributed by atoms with E-state index in [1.54, 1.807) is 24.4 Å². The van der Waals surface area contributed by atoms with Crippen LogP contribution in [0.2, 0.25) is 5.02 Å². The van der Waals surface area contributed by atoms with Crippen molar-refractivity contribution < 1.29 is 9.47 Å². The summed E-state index contributed by atoms with van der Waals surface area (Å²) >= 11 is 10.0. The molecule has 0 aliphatic carbocycles. The van der Waals surface area contributed by atoms with Crippen molar-refractivity contribution in [2.24, 2.45) is 5.10 Å². The number of nitrogens with zero attached hydrogens (tertiary/aromatic N) is 3. The van der Waals surface area contributed by atoms with E-state index in [9.17, 15) is 4.79 Å². The second-order valence-electron chi connectivity index (χ2n) is 8.69. The third kappa shape index (κ3) is 5.79. The molecule has 4 rings (SSSR count). The molecule has 36 heavy (non-hydrogen) atoms. The summed E-state index contributed by atoms with van der Waals surface area (Å²) < 4.78 is 14.0. The quantitative estimate of drug-likeness (QED) is 0.213. The first kappa shape index (κ1) is 25.9. The SMILES string of the molecule is CCOc1cc(C=Nn2c(C(C)C)nc3ccc(Br)cc3c2=O)cc(Cl)c1OCc1cccc(C)c1. The summed E-state index contributed by atoms with van der Waals surface area (Å²) in [5.74, 6) is 1.54. The second-order valence-corrected chi connectivity index (χ2v) is 10.0. The van der Waals surface area contributed by atoms with Crippen molar-refractivity contribution in [1.29, 1.82) is 0 Å². The third-order valence-corrected chi connectivity index (χ3v) is 6.24. The monoisotopic (exact) mass is 567 g/mol. The Hall–Kier alpha value is -3.16. The highest BCUT2D eigenvalue weighted by Crippen LogP contribution is 2.37. The first-order chi connectivity index (χ1) is 17.3. The van der Waals surface area contributed by atoms with Crippen molar-refractivity contribution in [3.8, 4) is 11.5 Å². The normalized spacial score (nSPS) is 11.5. The molecule has 0 atom stereocenters. The number of aryl methyl sites for hydroxylation is 1. The van der Waals surface area contributed by atoms with E-state index < -0.39 is 0 Å². The highest BCUT2D eigenvalue weighted by Gasteiger charge is 2.15. The smallest absolute Gasteiger partial charge is 0.282 e. The topological polar surface area (TPSA) is 65.7 Å². The van der Waals surface area contributed by atoms with E-state index in [1.165, 1.54) is 4.68 Å². The molecule has 1 aromatic heterocycles. The minimum atomic E-state index is -0.240. The van der Waals surface area contributed by atoms with Crippen LogP contribution in [0.25, 0.3) is 10.9 Å². The molecule has 0 spiro atoms. The van der Waals surface area contributed by atoms with E-state index >= 15 is 0 Å². The predicted molar refractivity (Wildman–Crippen MR) is 149 cm³/mol. The zero-order valence-electron chi connectivity index (χ0n) is 20.6. The maximum absolute atomic E-state index is 13.3. The fraction of sp³-hybridized carbons (Fsp3) is 0.250. The van der Waals surface area contributed by atoms with Crippen LogP contribution in [0.3, 0.4) is 0 Å². The molecule has 186 valence electrons. The lowest BCUT2D eigenvalue weighted by atomic mass is 10.1. The van der Waals surface area contributed by atoms with Crippen molar-refractivity contribution >= 4 is 44.6 Å². The number of rotatable bonds is 8. The van der Waals surface area contributed by atoms with Crippen LogP contribution in [0, 0.1) is 6.92 Å². The molecule has 0 amide bonds. The second kappa shape index (κ2) is 11.3. The van der Waals surface area contributed by atoms with Crippen molar-refractivity contribution in [2.75, 3.05) is 6.61 Å². The lowest BCUT2D eigenvalue weighted by Gasteiger charge is -2.15. The first-order valence-corrected chi connectivity index (χ1v) is 12.8. The van der Waals surface area contributed by atoms with Crippen molar-refractivity contribution in [3.63, 3.8) is 0 Å². The summed E-state index contributed by atoms with van der Waals surface area (Å²) in [6.07, 6.45) is 1.58. The average molecular weight is 569 g/mol. The number of halogens is 2. The minimum absolute atomic E-state index is 0.0112.